The number of nitrogens with one attached hydrogen (secondary N) is 1. The lowest BCUT2D eigenvalue weighted by Gasteiger charge is -2.39. The lowest BCUT2D eigenvalue weighted by molar-refractivity contribution is -0.148. The van der Waals surface area contributed by atoms with Crippen molar-refractivity contribution in [3.8, 4) is 0 Å². The lowest BCUT2D eigenvalue weighted by Crippen LogP contribution is -2.59. The molecule has 0 saturated carbocycles. The molecule has 1 N–H and O–H groups in total. The summed E-state index contributed by atoms with van der Waals surface area (Å²) in [6, 6.07) is 5.86. The third-order valence-electron chi connectivity index (χ3n) is 3.54. The van der Waals surface area contributed by atoms with Crippen LogP contribution >= 0.6 is 0 Å². The Kier molecular flexibility index (Phi) is 4.73. The smallest absolute Gasteiger partial charge is 0.249 e. The van der Waals surface area contributed by atoms with Crippen LogP contribution in [0.4, 0.5) is 0 Å². The van der Waals surface area contributed by atoms with E-state index in [1.165, 1.54) is 0 Å². The Morgan fingerprint density at radius 3 is 2.75 bits per heavy atom. The fourth-order valence-electron chi connectivity index (χ4n) is 2.12. The molecule has 110 valence electrons. The van der Waals surface area contributed by atoms with Crippen molar-refractivity contribution in [1.29, 1.82) is 0 Å². The average molecular weight is 277 g/mol. The number of amides is 1. The Hall–Kier alpha value is -1.46. The van der Waals surface area contributed by atoms with Gasteiger partial charge in [0.15, 0.2) is 0 Å². The first-order chi connectivity index (χ1) is 9.50. The quantitative estimate of drug-likeness (QED) is 0.849. The SMILES string of the molecule is CC(C)N(Cc1ccccn1)C(=O)COC1(C)CNC1. The van der Waals surface area contributed by atoms with Crippen LogP contribution < -0.4 is 5.32 Å². The van der Waals surface area contributed by atoms with Gasteiger partial charge in [-0.25, -0.2) is 0 Å². The van der Waals surface area contributed by atoms with Crippen molar-refractivity contribution in [2.75, 3.05) is 19.7 Å². The van der Waals surface area contributed by atoms with Crippen molar-refractivity contribution in [2.24, 2.45) is 0 Å². The second-order valence-electron chi connectivity index (χ2n) is 5.78. The molecule has 1 aromatic rings. The average Bonchev–Trinajstić information content (AvgIpc) is 2.41. The second-order valence-corrected chi connectivity index (χ2v) is 5.78. The van der Waals surface area contributed by atoms with Crippen LogP contribution in [0.1, 0.15) is 26.5 Å². The van der Waals surface area contributed by atoms with Crippen LogP contribution in [0.15, 0.2) is 24.4 Å². The number of ether oxygens (including phenoxy) is 1. The first kappa shape index (κ1) is 14.9. The maximum atomic E-state index is 12.3. The monoisotopic (exact) mass is 277 g/mol. The van der Waals surface area contributed by atoms with Gasteiger partial charge in [-0.2, -0.15) is 0 Å². The molecule has 0 aromatic carbocycles. The Bertz CT molecular complexity index is 444. The number of carbonyl (C=O) groups excluding carboxylic acids is 1. The number of hydrogen-bond acceptors (Lipinski definition) is 4. The van der Waals surface area contributed by atoms with Crippen LogP contribution in [-0.4, -0.2) is 47.1 Å². The Labute approximate surface area is 120 Å². The van der Waals surface area contributed by atoms with Gasteiger partial charge in [-0.05, 0) is 32.9 Å². The summed E-state index contributed by atoms with van der Waals surface area (Å²) in [4.78, 5) is 18.4. The Balaban J connectivity index is 1.92. The normalized spacial score (nSPS) is 16.8. The molecule has 1 amide bonds. The lowest BCUT2D eigenvalue weighted by atomic mass is 10.0. The Morgan fingerprint density at radius 2 is 2.25 bits per heavy atom. The molecule has 1 aliphatic heterocycles. The predicted octanol–water partition coefficient (Wildman–Crippen LogP) is 1.20. The minimum Gasteiger partial charge on any atom is -0.363 e. The van der Waals surface area contributed by atoms with Gasteiger partial charge in [0.25, 0.3) is 0 Å². The summed E-state index contributed by atoms with van der Waals surface area (Å²) in [7, 11) is 0. The van der Waals surface area contributed by atoms with Crippen molar-refractivity contribution in [3.05, 3.63) is 30.1 Å². The maximum Gasteiger partial charge on any atom is 0.249 e. The summed E-state index contributed by atoms with van der Waals surface area (Å²) >= 11 is 0. The highest BCUT2D eigenvalue weighted by molar-refractivity contribution is 5.77. The van der Waals surface area contributed by atoms with E-state index < -0.39 is 0 Å². The number of carbonyl (C=O) groups is 1. The van der Waals surface area contributed by atoms with E-state index in [-0.39, 0.29) is 24.2 Å². The summed E-state index contributed by atoms with van der Waals surface area (Å²) in [5, 5.41) is 3.16. The fraction of sp³-hybridized carbons (Fsp3) is 0.600. The zero-order valence-corrected chi connectivity index (χ0v) is 12.4. The van der Waals surface area contributed by atoms with Crippen molar-refractivity contribution in [2.45, 2.75) is 39.0 Å². The zero-order chi connectivity index (χ0) is 14.6. The van der Waals surface area contributed by atoms with Crippen molar-refractivity contribution < 1.29 is 9.53 Å². The molecule has 1 saturated heterocycles. The van der Waals surface area contributed by atoms with Crippen LogP contribution in [0, 0.1) is 0 Å². The largest absolute Gasteiger partial charge is 0.363 e. The molecule has 2 heterocycles. The van der Waals surface area contributed by atoms with Gasteiger partial charge in [0, 0.05) is 25.3 Å². The van der Waals surface area contributed by atoms with Gasteiger partial charge < -0.3 is 15.0 Å². The molecule has 1 aliphatic rings. The molecule has 20 heavy (non-hydrogen) atoms. The van der Waals surface area contributed by atoms with E-state index in [2.05, 4.69) is 10.3 Å². The Morgan fingerprint density at radius 1 is 1.50 bits per heavy atom. The molecule has 0 spiro atoms. The summed E-state index contributed by atoms with van der Waals surface area (Å²) in [6.45, 7) is 8.30. The van der Waals surface area contributed by atoms with Crippen LogP contribution in [-0.2, 0) is 16.1 Å². The van der Waals surface area contributed by atoms with E-state index in [1.807, 2.05) is 39.0 Å². The van der Waals surface area contributed by atoms with Gasteiger partial charge in [0.05, 0.1) is 17.8 Å². The van der Waals surface area contributed by atoms with Gasteiger partial charge in [0.1, 0.15) is 6.61 Å². The van der Waals surface area contributed by atoms with Crippen molar-refractivity contribution in [3.63, 3.8) is 0 Å². The predicted molar refractivity (Wildman–Crippen MR) is 77.1 cm³/mol. The number of rotatable bonds is 6. The molecular weight excluding hydrogens is 254 g/mol. The van der Waals surface area contributed by atoms with E-state index in [0.717, 1.165) is 18.8 Å². The summed E-state index contributed by atoms with van der Waals surface area (Å²) < 4.78 is 5.72. The molecule has 0 radical (unpaired) electrons. The van der Waals surface area contributed by atoms with Crippen LogP contribution in [0.25, 0.3) is 0 Å². The molecule has 0 aliphatic carbocycles. The number of aromatic nitrogens is 1. The van der Waals surface area contributed by atoms with Crippen LogP contribution in [0.3, 0.4) is 0 Å². The number of hydrogen-bond donors (Lipinski definition) is 1. The first-order valence-corrected chi connectivity index (χ1v) is 7.04. The maximum absolute atomic E-state index is 12.3. The summed E-state index contributed by atoms with van der Waals surface area (Å²) in [5.74, 6) is 0.0128. The van der Waals surface area contributed by atoms with Gasteiger partial charge in [0.2, 0.25) is 5.91 Å². The number of pyridine rings is 1. The van der Waals surface area contributed by atoms with Gasteiger partial charge in [-0.15, -0.1) is 0 Å². The van der Waals surface area contributed by atoms with Gasteiger partial charge >= 0.3 is 0 Å². The minimum absolute atomic E-state index is 0.0128. The molecule has 1 fully saturated rings. The molecule has 0 bridgehead atoms. The van der Waals surface area contributed by atoms with Crippen molar-refractivity contribution in [1.82, 2.24) is 15.2 Å². The van der Waals surface area contributed by atoms with E-state index in [9.17, 15) is 4.79 Å². The van der Waals surface area contributed by atoms with Crippen molar-refractivity contribution >= 4 is 5.91 Å². The highest BCUT2D eigenvalue weighted by Gasteiger charge is 2.33. The summed E-state index contributed by atoms with van der Waals surface area (Å²) in [5.41, 5.74) is 0.703. The molecule has 0 atom stereocenters. The zero-order valence-electron chi connectivity index (χ0n) is 12.4. The van der Waals surface area contributed by atoms with Gasteiger partial charge in [-0.1, -0.05) is 6.07 Å². The van der Waals surface area contributed by atoms with E-state index in [0.29, 0.717) is 6.54 Å². The van der Waals surface area contributed by atoms with E-state index in [1.54, 1.807) is 11.1 Å². The van der Waals surface area contributed by atoms with E-state index in [4.69, 9.17) is 4.74 Å². The topological polar surface area (TPSA) is 54.5 Å². The van der Waals surface area contributed by atoms with Gasteiger partial charge in [-0.3, -0.25) is 9.78 Å². The first-order valence-electron chi connectivity index (χ1n) is 7.04. The summed E-state index contributed by atoms with van der Waals surface area (Å²) in [6.07, 6.45) is 1.75. The number of nitrogens with zero attached hydrogens (tertiary/aromatic N) is 2. The molecule has 2 rings (SSSR count). The molecule has 1 aromatic heterocycles. The molecule has 0 unspecified atom stereocenters. The third-order valence-corrected chi connectivity index (χ3v) is 3.54. The highest BCUT2D eigenvalue weighted by Crippen LogP contribution is 2.16. The second kappa shape index (κ2) is 6.33. The molecular formula is C15H23N3O2. The fourth-order valence-corrected chi connectivity index (χ4v) is 2.12. The standard InChI is InChI=1S/C15H23N3O2/c1-12(2)18(8-13-6-4-5-7-17-13)14(19)9-20-15(3)10-16-11-15/h4-7,12,16H,8-11H2,1-3H3. The van der Waals surface area contributed by atoms with Crippen LogP contribution in [0.2, 0.25) is 0 Å². The molecule has 5 heteroatoms. The minimum atomic E-state index is -0.191. The third kappa shape index (κ3) is 3.77. The van der Waals surface area contributed by atoms with E-state index >= 15 is 0 Å². The molecule has 5 nitrogen and oxygen atoms in total. The van der Waals surface area contributed by atoms with Crippen LogP contribution in [0.5, 0.6) is 0 Å². The highest BCUT2D eigenvalue weighted by atomic mass is 16.5.